The Morgan fingerprint density at radius 3 is 2.70 bits per heavy atom. The normalized spacial score (nSPS) is 17.5. The minimum absolute atomic E-state index is 0.111. The molecule has 0 spiro atoms. The molecule has 0 fully saturated rings. The number of rotatable bonds is 4. The Morgan fingerprint density at radius 2 is 1.88 bits per heavy atom. The summed E-state index contributed by atoms with van der Waals surface area (Å²) in [7, 11) is 1.61. The molecule has 2 heterocycles. The molecule has 0 unspecified atom stereocenters. The molecule has 5 rings (SSSR count). The largest absolute Gasteiger partial charge is 0.497 e. The molecule has 0 aromatic heterocycles. The Bertz CT molecular complexity index is 1170. The van der Waals surface area contributed by atoms with Gasteiger partial charge >= 0.3 is 6.18 Å². The number of halogens is 3. The van der Waals surface area contributed by atoms with Gasteiger partial charge in [0.2, 0.25) is 6.79 Å². The topological polar surface area (TPSA) is 30.9 Å². The van der Waals surface area contributed by atoms with E-state index in [9.17, 15) is 13.2 Å². The molecule has 2 aliphatic rings. The first-order valence-corrected chi connectivity index (χ1v) is 11.4. The van der Waals surface area contributed by atoms with E-state index in [4.69, 9.17) is 14.2 Å². The van der Waals surface area contributed by atoms with Crippen molar-refractivity contribution in [3.8, 4) is 17.2 Å². The van der Waals surface area contributed by atoms with Crippen LogP contribution in [0.5, 0.6) is 17.2 Å². The molecular weight excluding hydrogens is 451 g/mol. The quantitative estimate of drug-likeness (QED) is 0.422. The number of methoxy groups -OCH3 is 1. The Balaban J connectivity index is 1.46. The highest BCUT2D eigenvalue weighted by molar-refractivity contribution is 7.99. The molecule has 3 aromatic rings. The number of ether oxygens (including phenoxy) is 3. The maximum atomic E-state index is 13.3. The van der Waals surface area contributed by atoms with Gasteiger partial charge in [-0.25, -0.2) is 0 Å². The maximum absolute atomic E-state index is 13.3. The van der Waals surface area contributed by atoms with Crippen LogP contribution in [-0.2, 0) is 12.7 Å². The number of hydrogen-bond acceptors (Lipinski definition) is 5. The zero-order valence-electron chi connectivity index (χ0n) is 17.9. The van der Waals surface area contributed by atoms with E-state index in [1.165, 1.54) is 12.1 Å². The fourth-order valence-electron chi connectivity index (χ4n) is 4.16. The molecule has 8 heteroatoms. The van der Waals surface area contributed by atoms with Gasteiger partial charge in [-0.3, -0.25) is 0 Å². The molecule has 172 valence electrons. The van der Waals surface area contributed by atoms with E-state index in [2.05, 4.69) is 4.90 Å². The highest BCUT2D eigenvalue weighted by Crippen LogP contribution is 2.47. The van der Waals surface area contributed by atoms with Crippen molar-refractivity contribution >= 4 is 17.4 Å². The third-order valence-corrected chi connectivity index (χ3v) is 7.21. The average Bonchev–Trinajstić information content (AvgIpc) is 3.20. The van der Waals surface area contributed by atoms with Gasteiger partial charge in [0.05, 0.1) is 18.4 Å². The minimum Gasteiger partial charge on any atom is -0.497 e. The molecule has 0 amide bonds. The molecule has 2 aliphatic heterocycles. The highest BCUT2D eigenvalue weighted by Gasteiger charge is 2.32. The van der Waals surface area contributed by atoms with Gasteiger partial charge in [-0.1, -0.05) is 24.3 Å². The summed E-state index contributed by atoms with van der Waals surface area (Å²) in [6.45, 7) is 1.56. The van der Waals surface area contributed by atoms with Gasteiger partial charge < -0.3 is 19.1 Å². The van der Waals surface area contributed by atoms with Crippen molar-refractivity contribution < 1.29 is 27.4 Å². The van der Waals surface area contributed by atoms with E-state index >= 15 is 0 Å². The number of benzene rings is 3. The first-order valence-electron chi connectivity index (χ1n) is 10.6. The van der Waals surface area contributed by atoms with Gasteiger partial charge in [0.1, 0.15) is 5.75 Å². The fourth-order valence-corrected chi connectivity index (χ4v) is 5.47. The van der Waals surface area contributed by atoms with Crippen LogP contribution < -0.4 is 19.1 Å². The first-order chi connectivity index (χ1) is 15.9. The standard InChI is InChI=1S/C25H22F3NO3S/c1-30-19-6-7-20-24(13-19)33-23(17-3-2-4-18(12-17)25(26,27)28)9-10-29(20)14-16-5-8-21-22(11-16)32-15-31-21/h2-8,11-13,23H,9-10,14-15H2,1H3/t23-/m1/s1. The summed E-state index contributed by atoms with van der Waals surface area (Å²) in [4.78, 5) is 3.24. The van der Waals surface area contributed by atoms with Crippen molar-refractivity contribution in [2.75, 3.05) is 25.3 Å². The Kier molecular flexibility index (Phi) is 5.78. The summed E-state index contributed by atoms with van der Waals surface area (Å²) >= 11 is 1.58. The number of hydrogen-bond donors (Lipinski definition) is 0. The Morgan fingerprint density at radius 1 is 1.03 bits per heavy atom. The zero-order valence-corrected chi connectivity index (χ0v) is 18.7. The van der Waals surface area contributed by atoms with Crippen LogP contribution in [0.1, 0.15) is 28.4 Å². The summed E-state index contributed by atoms with van der Waals surface area (Å²) in [6.07, 6.45) is -3.66. The van der Waals surface area contributed by atoms with Crippen LogP contribution in [-0.4, -0.2) is 20.4 Å². The van der Waals surface area contributed by atoms with Gasteiger partial charge in [0, 0.05) is 23.2 Å². The SMILES string of the molecule is COc1ccc2c(c1)S[C@@H](c1cccc(C(F)(F)F)c1)CCN2Cc1ccc2c(c1)OCO2. The Hall–Kier alpha value is -3.00. The lowest BCUT2D eigenvalue weighted by Gasteiger charge is -2.25. The van der Waals surface area contributed by atoms with Gasteiger partial charge in [0.25, 0.3) is 0 Å². The van der Waals surface area contributed by atoms with Gasteiger partial charge in [-0.15, -0.1) is 11.8 Å². The van der Waals surface area contributed by atoms with Crippen LogP contribution in [0.2, 0.25) is 0 Å². The molecule has 0 saturated heterocycles. The molecule has 1 atom stereocenters. The summed E-state index contributed by atoms with van der Waals surface area (Å²) in [5.41, 5.74) is 2.16. The van der Waals surface area contributed by atoms with E-state index < -0.39 is 11.7 Å². The minimum atomic E-state index is -4.36. The molecular formula is C25H22F3NO3S. The maximum Gasteiger partial charge on any atom is 0.416 e. The van der Waals surface area contributed by atoms with Crippen LogP contribution in [0, 0.1) is 0 Å². The van der Waals surface area contributed by atoms with Crippen LogP contribution in [0.4, 0.5) is 18.9 Å². The number of nitrogens with zero attached hydrogens (tertiary/aromatic N) is 1. The lowest BCUT2D eigenvalue weighted by atomic mass is 10.0. The van der Waals surface area contributed by atoms with Crippen molar-refractivity contribution in [1.29, 1.82) is 0 Å². The van der Waals surface area contributed by atoms with Gasteiger partial charge in [-0.05, 0) is 53.9 Å². The van der Waals surface area contributed by atoms with Crippen LogP contribution in [0.15, 0.2) is 65.6 Å². The lowest BCUT2D eigenvalue weighted by Crippen LogP contribution is -2.24. The highest BCUT2D eigenvalue weighted by atomic mass is 32.2. The third-order valence-electron chi connectivity index (χ3n) is 5.83. The average molecular weight is 474 g/mol. The molecule has 0 N–H and O–H groups in total. The number of thioether (sulfide) groups is 1. The molecule has 0 radical (unpaired) electrons. The third kappa shape index (κ3) is 4.57. The lowest BCUT2D eigenvalue weighted by molar-refractivity contribution is -0.137. The number of alkyl halides is 3. The fraction of sp³-hybridized carbons (Fsp3) is 0.280. The van der Waals surface area contributed by atoms with Gasteiger partial charge in [0.15, 0.2) is 11.5 Å². The van der Waals surface area contributed by atoms with E-state index in [0.717, 1.165) is 33.7 Å². The second-order valence-corrected chi connectivity index (χ2v) is 9.21. The summed E-state index contributed by atoms with van der Waals surface area (Å²) < 4.78 is 56.2. The smallest absolute Gasteiger partial charge is 0.416 e. The van der Waals surface area contributed by atoms with E-state index in [1.807, 2.05) is 36.4 Å². The molecule has 3 aromatic carbocycles. The monoisotopic (exact) mass is 473 g/mol. The van der Waals surface area contributed by atoms with E-state index in [-0.39, 0.29) is 12.0 Å². The molecule has 0 aliphatic carbocycles. The molecule has 4 nitrogen and oxygen atoms in total. The molecule has 0 bridgehead atoms. The predicted molar refractivity (Wildman–Crippen MR) is 121 cm³/mol. The van der Waals surface area contributed by atoms with Crippen molar-refractivity contribution in [2.45, 2.75) is 29.3 Å². The Labute approximate surface area is 194 Å². The van der Waals surface area contributed by atoms with E-state index in [1.54, 1.807) is 24.9 Å². The van der Waals surface area contributed by atoms with Crippen molar-refractivity contribution in [3.05, 3.63) is 77.4 Å². The van der Waals surface area contributed by atoms with Crippen molar-refractivity contribution in [1.82, 2.24) is 0 Å². The van der Waals surface area contributed by atoms with Crippen molar-refractivity contribution in [3.63, 3.8) is 0 Å². The van der Waals surface area contributed by atoms with Crippen LogP contribution in [0.25, 0.3) is 0 Å². The summed E-state index contributed by atoms with van der Waals surface area (Å²) in [6, 6.07) is 17.4. The summed E-state index contributed by atoms with van der Waals surface area (Å²) in [5, 5.41) is -0.111. The van der Waals surface area contributed by atoms with E-state index in [0.29, 0.717) is 30.8 Å². The first kappa shape index (κ1) is 21.8. The molecule has 33 heavy (non-hydrogen) atoms. The van der Waals surface area contributed by atoms with Crippen LogP contribution in [0.3, 0.4) is 0 Å². The van der Waals surface area contributed by atoms with Crippen molar-refractivity contribution in [2.24, 2.45) is 0 Å². The van der Waals surface area contributed by atoms with Gasteiger partial charge in [-0.2, -0.15) is 13.2 Å². The molecule has 0 saturated carbocycles. The summed E-state index contributed by atoms with van der Waals surface area (Å²) in [5.74, 6) is 2.18. The van der Waals surface area contributed by atoms with Crippen LogP contribution >= 0.6 is 11.8 Å². The second kappa shape index (κ2) is 8.74. The second-order valence-electron chi connectivity index (χ2n) is 7.96. The number of anilines is 1. The predicted octanol–water partition coefficient (Wildman–Crippen LogP) is 6.69. The number of fused-ring (bicyclic) bond motifs is 2. The zero-order chi connectivity index (χ0) is 23.0.